The summed E-state index contributed by atoms with van der Waals surface area (Å²) in [6.45, 7) is 2.61. The number of non-ortho nitro benzene ring substituents is 1. The van der Waals surface area contributed by atoms with Crippen LogP contribution in [0.4, 0.5) is 5.69 Å². The molecule has 1 aliphatic rings. The number of benzene rings is 2. The molecule has 0 bridgehead atoms. The summed E-state index contributed by atoms with van der Waals surface area (Å²) in [6, 6.07) is 12.3. The first-order valence-corrected chi connectivity index (χ1v) is 13.3. The van der Waals surface area contributed by atoms with Crippen molar-refractivity contribution in [2.24, 2.45) is 0 Å². The number of rotatable bonds is 8. The lowest BCUT2D eigenvalue weighted by atomic mass is 10.0. The summed E-state index contributed by atoms with van der Waals surface area (Å²) in [5.41, 5.74) is 2.52. The molecule has 0 unspecified atom stereocenters. The van der Waals surface area contributed by atoms with Gasteiger partial charge in [-0.2, -0.15) is 0 Å². The first-order chi connectivity index (χ1) is 16.4. The van der Waals surface area contributed by atoms with Crippen molar-refractivity contribution in [1.82, 2.24) is 15.2 Å². The van der Waals surface area contributed by atoms with E-state index in [9.17, 15) is 14.9 Å². The number of piperidine rings is 1. The Morgan fingerprint density at radius 2 is 2.00 bits per heavy atom. The largest absolute Gasteiger partial charge is 0.353 e. The number of nitrogens with zero attached hydrogens (tertiary/aromatic N) is 3. The molecule has 34 heavy (non-hydrogen) atoms. The van der Waals surface area contributed by atoms with E-state index in [-0.39, 0.29) is 23.4 Å². The van der Waals surface area contributed by atoms with Crippen LogP contribution >= 0.6 is 46.3 Å². The summed E-state index contributed by atoms with van der Waals surface area (Å²) in [5, 5.41) is 17.1. The SMILES string of the molecule is O=C(CSc1nc(-c2cccc([N+](=O)[O-])c2)cs1)NC1CCN(Cc2ccc(Cl)c(Cl)c2)CC1. The lowest BCUT2D eigenvalue weighted by molar-refractivity contribution is -0.384. The molecule has 1 N–H and O–H groups in total. The second kappa shape index (κ2) is 11.5. The maximum Gasteiger partial charge on any atom is 0.270 e. The van der Waals surface area contributed by atoms with Crippen molar-refractivity contribution in [2.45, 2.75) is 29.8 Å². The number of hydrogen-bond donors (Lipinski definition) is 1. The van der Waals surface area contributed by atoms with Gasteiger partial charge in [-0.15, -0.1) is 11.3 Å². The van der Waals surface area contributed by atoms with Crippen LogP contribution in [0.3, 0.4) is 0 Å². The number of hydrogen-bond acceptors (Lipinski definition) is 7. The molecule has 0 spiro atoms. The molecular weight excluding hydrogens is 515 g/mol. The van der Waals surface area contributed by atoms with Crippen LogP contribution in [0, 0.1) is 10.1 Å². The molecule has 178 valence electrons. The summed E-state index contributed by atoms with van der Waals surface area (Å²) in [7, 11) is 0. The van der Waals surface area contributed by atoms with Gasteiger partial charge in [0.2, 0.25) is 5.91 Å². The van der Waals surface area contributed by atoms with Crippen LogP contribution in [0.1, 0.15) is 18.4 Å². The van der Waals surface area contributed by atoms with E-state index in [1.165, 1.54) is 35.2 Å². The van der Waals surface area contributed by atoms with Crippen LogP contribution in [0.5, 0.6) is 0 Å². The van der Waals surface area contributed by atoms with Crippen LogP contribution in [-0.2, 0) is 11.3 Å². The molecule has 1 amide bonds. The fraction of sp³-hybridized carbons (Fsp3) is 0.304. The summed E-state index contributed by atoms with van der Waals surface area (Å²) in [4.78, 5) is 29.9. The molecule has 0 atom stereocenters. The van der Waals surface area contributed by atoms with E-state index in [2.05, 4.69) is 15.2 Å². The second-order valence-corrected chi connectivity index (χ2v) is 10.9. The van der Waals surface area contributed by atoms with Gasteiger partial charge in [-0.05, 0) is 30.5 Å². The maximum absolute atomic E-state index is 12.5. The Balaban J connectivity index is 1.21. The van der Waals surface area contributed by atoms with E-state index in [4.69, 9.17) is 23.2 Å². The number of aromatic nitrogens is 1. The van der Waals surface area contributed by atoms with Crippen molar-refractivity contribution < 1.29 is 9.72 Å². The third-order valence-electron chi connectivity index (χ3n) is 5.51. The average Bonchev–Trinajstić information content (AvgIpc) is 3.31. The highest BCUT2D eigenvalue weighted by Crippen LogP contribution is 2.30. The number of halogens is 2. The zero-order chi connectivity index (χ0) is 24.1. The number of nitro groups is 1. The van der Waals surface area contributed by atoms with Crippen LogP contribution in [0.15, 0.2) is 52.2 Å². The van der Waals surface area contributed by atoms with Crippen molar-refractivity contribution >= 4 is 57.9 Å². The van der Waals surface area contributed by atoms with Gasteiger partial charge in [-0.1, -0.05) is 53.2 Å². The molecule has 4 rings (SSSR count). The number of nitrogens with one attached hydrogen (secondary N) is 1. The van der Waals surface area contributed by atoms with E-state index in [0.717, 1.165) is 42.4 Å². The van der Waals surface area contributed by atoms with Crippen LogP contribution in [0.25, 0.3) is 11.3 Å². The number of thiazole rings is 1. The van der Waals surface area contributed by atoms with Crippen LogP contribution in [0.2, 0.25) is 10.0 Å². The summed E-state index contributed by atoms with van der Waals surface area (Å²) in [6.07, 6.45) is 1.79. The molecule has 2 heterocycles. The van der Waals surface area contributed by atoms with Crippen LogP contribution < -0.4 is 5.32 Å². The van der Waals surface area contributed by atoms with Crippen molar-refractivity contribution in [3.05, 3.63) is 73.6 Å². The van der Waals surface area contributed by atoms with Gasteiger partial charge in [0.05, 0.1) is 26.4 Å². The van der Waals surface area contributed by atoms with Crippen LogP contribution in [-0.4, -0.2) is 45.6 Å². The Morgan fingerprint density at radius 1 is 1.21 bits per heavy atom. The lowest BCUT2D eigenvalue weighted by Gasteiger charge is -2.32. The molecular formula is C23H22Cl2N4O3S2. The topological polar surface area (TPSA) is 88.4 Å². The Kier molecular flexibility index (Phi) is 8.44. The number of amides is 1. The number of likely N-dealkylation sites (tertiary alicyclic amines) is 1. The van der Waals surface area contributed by atoms with Gasteiger partial charge >= 0.3 is 0 Å². The quantitative estimate of drug-likeness (QED) is 0.219. The van der Waals surface area contributed by atoms with E-state index < -0.39 is 4.92 Å². The van der Waals surface area contributed by atoms with Gasteiger partial charge in [-0.25, -0.2) is 4.98 Å². The van der Waals surface area contributed by atoms with Gasteiger partial charge < -0.3 is 5.32 Å². The standard InChI is InChI=1S/C23H22Cl2N4O3S2/c24-19-5-4-15(10-20(19)25)12-28-8-6-17(7-9-28)26-22(30)14-34-23-27-21(13-33-23)16-2-1-3-18(11-16)29(31)32/h1-5,10-11,13,17H,6-9,12,14H2,(H,26,30). The normalized spacial score (nSPS) is 14.8. The molecule has 3 aromatic rings. The molecule has 1 fully saturated rings. The number of nitro benzene ring substituents is 1. The van der Waals surface area contributed by atoms with Gasteiger partial charge in [0.25, 0.3) is 5.69 Å². The summed E-state index contributed by atoms with van der Waals surface area (Å²) < 4.78 is 0.758. The predicted molar refractivity (Wildman–Crippen MR) is 138 cm³/mol. The minimum atomic E-state index is -0.423. The summed E-state index contributed by atoms with van der Waals surface area (Å²) in [5.74, 6) is 0.269. The molecule has 0 aliphatic carbocycles. The Morgan fingerprint density at radius 3 is 2.74 bits per heavy atom. The number of thioether (sulfide) groups is 1. The minimum Gasteiger partial charge on any atom is -0.353 e. The molecule has 1 aliphatic heterocycles. The predicted octanol–water partition coefficient (Wildman–Crippen LogP) is 5.90. The van der Waals surface area contributed by atoms with E-state index in [1.54, 1.807) is 12.1 Å². The number of carbonyl (C=O) groups is 1. The highest BCUT2D eigenvalue weighted by Gasteiger charge is 2.21. The van der Waals surface area contributed by atoms with Crippen molar-refractivity contribution in [1.29, 1.82) is 0 Å². The lowest BCUT2D eigenvalue weighted by Crippen LogP contribution is -2.44. The first kappa shape index (κ1) is 24.9. The Bertz CT molecular complexity index is 1180. The Hall–Kier alpha value is -2.17. The average molecular weight is 537 g/mol. The third kappa shape index (κ3) is 6.70. The van der Waals surface area contributed by atoms with Gasteiger partial charge in [0.15, 0.2) is 4.34 Å². The van der Waals surface area contributed by atoms with Gasteiger partial charge in [0, 0.05) is 48.8 Å². The van der Waals surface area contributed by atoms with E-state index in [0.29, 0.717) is 21.3 Å². The van der Waals surface area contributed by atoms with E-state index in [1.807, 2.05) is 23.6 Å². The van der Waals surface area contributed by atoms with Crippen molar-refractivity contribution in [3.63, 3.8) is 0 Å². The van der Waals surface area contributed by atoms with Crippen molar-refractivity contribution in [2.75, 3.05) is 18.8 Å². The maximum atomic E-state index is 12.5. The highest BCUT2D eigenvalue weighted by atomic mass is 35.5. The molecule has 0 radical (unpaired) electrons. The molecule has 2 aromatic carbocycles. The van der Waals surface area contributed by atoms with Gasteiger partial charge in [0.1, 0.15) is 0 Å². The monoisotopic (exact) mass is 536 g/mol. The Labute approximate surface area is 215 Å². The minimum absolute atomic E-state index is 0.0139. The van der Waals surface area contributed by atoms with Gasteiger partial charge in [-0.3, -0.25) is 19.8 Å². The third-order valence-corrected chi connectivity index (χ3v) is 8.27. The number of carbonyl (C=O) groups excluding carboxylic acids is 1. The fourth-order valence-corrected chi connectivity index (χ4v) is 5.73. The molecule has 1 saturated heterocycles. The van der Waals surface area contributed by atoms with Crippen molar-refractivity contribution in [3.8, 4) is 11.3 Å². The molecule has 1 aromatic heterocycles. The zero-order valence-corrected chi connectivity index (χ0v) is 21.2. The first-order valence-electron chi connectivity index (χ1n) is 10.7. The second-order valence-electron chi connectivity index (χ2n) is 7.96. The molecule has 11 heteroatoms. The van der Waals surface area contributed by atoms with E-state index >= 15 is 0 Å². The highest BCUT2D eigenvalue weighted by molar-refractivity contribution is 8.01. The zero-order valence-electron chi connectivity index (χ0n) is 18.1. The smallest absolute Gasteiger partial charge is 0.270 e. The molecule has 7 nitrogen and oxygen atoms in total. The summed E-state index contributed by atoms with van der Waals surface area (Å²) >= 11 is 14.9. The molecule has 0 saturated carbocycles. The fourth-order valence-electron chi connectivity index (χ4n) is 3.76.